The maximum absolute atomic E-state index is 14.0. The van der Waals surface area contributed by atoms with Crippen molar-refractivity contribution in [3.8, 4) is 11.3 Å². The first-order valence-electron chi connectivity index (χ1n) is 7.49. The molecule has 0 atom stereocenters. The Labute approximate surface area is 138 Å². The summed E-state index contributed by atoms with van der Waals surface area (Å²) < 4.78 is 14.0. The minimum Gasteiger partial charge on any atom is -0.324 e. The molecule has 24 heavy (non-hydrogen) atoms. The highest BCUT2D eigenvalue weighted by molar-refractivity contribution is 5.82. The number of benzene rings is 2. The van der Waals surface area contributed by atoms with Crippen molar-refractivity contribution < 1.29 is 4.39 Å². The van der Waals surface area contributed by atoms with Crippen LogP contribution in [0.2, 0.25) is 0 Å². The Morgan fingerprint density at radius 1 is 0.875 bits per heavy atom. The lowest BCUT2D eigenvalue weighted by molar-refractivity contribution is 0.619. The molecule has 0 spiro atoms. The molecular weight excluding hydrogens is 303 g/mol. The number of anilines is 2. The number of nitrogens with one attached hydrogen (secondary N) is 1. The van der Waals surface area contributed by atoms with Crippen molar-refractivity contribution in [1.29, 1.82) is 0 Å². The minimum absolute atomic E-state index is 0.274. The van der Waals surface area contributed by atoms with Gasteiger partial charge in [0.05, 0.1) is 11.7 Å². The monoisotopic (exact) mass is 316 g/mol. The summed E-state index contributed by atoms with van der Waals surface area (Å²) in [6.45, 7) is 0. The molecule has 0 saturated carbocycles. The van der Waals surface area contributed by atoms with Crippen LogP contribution in [0.3, 0.4) is 0 Å². The van der Waals surface area contributed by atoms with Gasteiger partial charge in [-0.25, -0.2) is 14.4 Å². The average molecular weight is 316 g/mol. The third-order valence-electron chi connectivity index (χ3n) is 3.65. The van der Waals surface area contributed by atoms with Gasteiger partial charge in [-0.1, -0.05) is 36.4 Å². The molecule has 2 aromatic carbocycles. The van der Waals surface area contributed by atoms with Gasteiger partial charge in [0, 0.05) is 22.8 Å². The summed E-state index contributed by atoms with van der Waals surface area (Å²) in [5.74, 6) is -0.104. The van der Waals surface area contributed by atoms with E-state index in [2.05, 4.69) is 20.3 Å². The summed E-state index contributed by atoms with van der Waals surface area (Å²) >= 11 is 0. The van der Waals surface area contributed by atoms with Gasteiger partial charge < -0.3 is 5.32 Å². The highest BCUT2D eigenvalue weighted by atomic mass is 19.1. The number of pyridine rings is 1. The molecule has 5 heteroatoms. The number of hydrogen-bond acceptors (Lipinski definition) is 4. The fourth-order valence-electron chi connectivity index (χ4n) is 2.51. The fourth-order valence-corrected chi connectivity index (χ4v) is 2.51. The van der Waals surface area contributed by atoms with E-state index in [1.165, 1.54) is 6.20 Å². The van der Waals surface area contributed by atoms with Gasteiger partial charge in [0.15, 0.2) is 5.82 Å². The molecule has 0 bridgehead atoms. The van der Waals surface area contributed by atoms with Crippen LogP contribution in [0.1, 0.15) is 0 Å². The smallest absolute Gasteiger partial charge is 0.227 e. The van der Waals surface area contributed by atoms with Crippen molar-refractivity contribution in [1.82, 2.24) is 15.0 Å². The van der Waals surface area contributed by atoms with Gasteiger partial charge in [-0.15, -0.1) is 0 Å². The second-order valence-electron chi connectivity index (χ2n) is 5.29. The van der Waals surface area contributed by atoms with Gasteiger partial charge in [-0.2, -0.15) is 0 Å². The lowest BCUT2D eigenvalue weighted by Gasteiger charge is -2.08. The van der Waals surface area contributed by atoms with Crippen molar-refractivity contribution in [3.05, 3.63) is 78.9 Å². The second-order valence-corrected chi connectivity index (χ2v) is 5.29. The number of fused-ring (bicyclic) bond motifs is 1. The number of halogens is 1. The maximum atomic E-state index is 14.0. The average Bonchev–Trinajstić information content (AvgIpc) is 2.64. The Balaban J connectivity index is 1.69. The van der Waals surface area contributed by atoms with Crippen LogP contribution in [-0.4, -0.2) is 15.0 Å². The van der Waals surface area contributed by atoms with E-state index in [0.29, 0.717) is 11.5 Å². The van der Waals surface area contributed by atoms with Crippen LogP contribution < -0.4 is 5.32 Å². The second kappa shape index (κ2) is 6.04. The van der Waals surface area contributed by atoms with E-state index in [1.807, 2.05) is 60.7 Å². The Morgan fingerprint density at radius 2 is 1.75 bits per heavy atom. The SMILES string of the molecule is Fc1cnc(Nc2ccc3ncccc3c2)nc1-c1ccccc1. The topological polar surface area (TPSA) is 50.7 Å². The number of rotatable bonds is 3. The van der Waals surface area contributed by atoms with Crippen molar-refractivity contribution in [2.24, 2.45) is 0 Å². The predicted octanol–water partition coefficient (Wildman–Crippen LogP) is 4.57. The lowest BCUT2D eigenvalue weighted by Crippen LogP contribution is -2.00. The van der Waals surface area contributed by atoms with Gasteiger partial charge in [-0.05, 0) is 24.3 Å². The standard InChI is InChI=1S/C19H13FN4/c20-16-12-22-19(24-18(16)13-5-2-1-3-6-13)23-15-8-9-17-14(11-15)7-4-10-21-17/h1-12H,(H,22,23,24). The van der Waals surface area contributed by atoms with Crippen molar-refractivity contribution in [2.45, 2.75) is 0 Å². The van der Waals surface area contributed by atoms with Crippen LogP contribution >= 0.6 is 0 Å². The van der Waals surface area contributed by atoms with E-state index in [4.69, 9.17) is 0 Å². The van der Waals surface area contributed by atoms with Crippen molar-refractivity contribution in [2.75, 3.05) is 5.32 Å². The first-order chi connectivity index (χ1) is 11.8. The third kappa shape index (κ3) is 2.79. The van der Waals surface area contributed by atoms with Crippen LogP contribution in [0.15, 0.2) is 73.1 Å². The van der Waals surface area contributed by atoms with E-state index >= 15 is 0 Å². The molecule has 0 aliphatic carbocycles. The molecule has 0 aliphatic rings. The first-order valence-corrected chi connectivity index (χ1v) is 7.49. The normalized spacial score (nSPS) is 10.7. The summed E-state index contributed by atoms with van der Waals surface area (Å²) in [6, 6.07) is 18.8. The van der Waals surface area contributed by atoms with Crippen LogP contribution in [0, 0.1) is 5.82 Å². The fraction of sp³-hybridized carbons (Fsp3) is 0. The van der Waals surface area contributed by atoms with Crippen LogP contribution in [0.25, 0.3) is 22.2 Å². The predicted molar refractivity (Wildman–Crippen MR) is 92.5 cm³/mol. The Kier molecular flexibility index (Phi) is 3.59. The number of aromatic nitrogens is 3. The summed E-state index contributed by atoms with van der Waals surface area (Å²) in [4.78, 5) is 12.6. The molecule has 0 radical (unpaired) electrons. The zero-order valence-electron chi connectivity index (χ0n) is 12.6. The van der Waals surface area contributed by atoms with E-state index in [-0.39, 0.29) is 5.69 Å². The number of nitrogens with zero attached hydrogens (tertiary/aromatic N) is 3. The van der Waals surface area contributed by atoms with Gasteiger partial charge in [0.1, 0.15) is 5.69 Å². The van der Waals surface area contributed by atoms with E-state index in [9.17, 15) is 4.39 Å². The summed E-state index contributed by atoms with van der Waals surface area (Å²) in [7, 11) is 0. The van der Waals surface area contributed by atoms with Gasteiger partial charge in [-0.3, -0.25) is 4.98 Å². The Bertz CT molecular complexity index is 1000. The lowest BCUT2D eigenvalue weighted by atomic mass is 10.1. The molecule has 0 amide bonds. The van der Waals surface area contributed by atoms with E-state index in [0.717, 1.165) is 16.6 Å². The van der Waals surface area contributed by atoms with E-state index < -0.39 is 5.82 Å². The molecule has 4 nitrogen and oxygen atoms in total. The molecule has 0 unspecified atom stereocenters. The Hall–Kier alpha value is -3.34. The minimum atomic E-state index is -0.450. The molecule has 4 aromatic rings. The van der Waals surface area contributed by atoms with Crippen LogP contribution in [-0.2, 0) is 0 Å². The third-order valence-corrected chi connectivity index (χ3v) is 3.65. The molecule has 0 fully saturated rings. The molecular formula is C19H13FN4. The first kappa shape index (κ1) is 14.3. The molecule has 4 rings (SSSR count). The summed E-state index contributed by atoms with van der Waals surface area (Å²) in [5, 5.41) is 4.12. The molecule has 0 aliphatic heterocycles. The zero-order chi connectivity index (χ0) is 16.4. The molecule has 2 aromatic heterocycles. The summed E-state index contributed by atoms with van der Waals surface area (Å²) in [6.07, 6.45) is 2.94. The quantitative estimate of drug-likeness (QED) is 0.601. The molecule has 116 valence electrons. The van der Waals surface area contributed by atoms with Crippen molar-refractivity contribution in [3.63, 3.8) is 0 Å². The molecule has 0 saturated heterocycles. The highest BCUT2D eigenvalue weighted by Gasteiger charge is 2.09. The van der Waals surface area contributed by atoms with E-state index in [1.54, 1.807) is 6.20 Å². The largest absolute Gasteiger partial charge is 0.324 e. The maximum Gasteiger partial charge on any atom is 0.227 e. The van der Waals surface area contributed by atoms with Gasteiger partial charge in [0.25, 0.3) is 0 Å². The van der Waals surface area contributed by atoms with Gasteiger partial charge in [0.2, 0.25) is 5.95 Å². The number of hydrogen-bond donors (Lipinski definition) is 1. The van der Waals surface area contributed by atoms with Crippen molar-refractivity contribution >= 4 is 22.5 Å². The molecule has 1 N–H and O–H groups in total. The zero-order valence-corrected chi connectivity index (χ0v) is 12.6. The summed E-state index contributed by atoms with van der Waals surface area (Å²) in [5.41, 5.74) is 2.72. The van der Waals surface area contributed by atoms with Gasteiger partial charge >= 0.3 is 0 Å². The van der Waals surface area contributed by atoms with Crippen LogP contribution in [0.5, 0.6) is 0 Å². The highest BCUT2D eigenvalue weighted by Crippen LogP contribution is 2.23. The van der Waals surface area contributed by atoms with Crippen LogP contribution in [0.4, 0.5) is 16.0 Å². The Morgan fingerprint density at radius 3 is 2.62 bits per heavy atom. The molecule has 2 heterocycles.